The maximum absolute atomic E-state index is 12.0. The molecule has 1 aliphatic heterocycles. The third-order valence-corrected chi connectivity index (χ3v) is 3.84. The van der Waals surface area contributed by atoms with Crippen LogP contribution < -0.4 is 5.32 Å². The predicted octanol–water partition coefficient (Wildman–Crippen LogP) is 2.62. The van der Waals surface area contributed by atoms with Crippen molar-refractivity contribution in [2.24, 2.45) is 11.8 Å². The number of carbonyl (C=O) groups is 1. The fraction of sp³-hybridized carbons (Fsp3) is 0.923. The fourth-order valence-corrected chi connectivity index (χ4v) is 2.74. The Bertz CT molecular complexity index is 254. The highest BCUT2D eigenvalue weighted by atomic mass is 16.2. The molecule has 3 atom stereocenters. The molecule has 3 heteroatoms. The average molecular weight is 224 g/mol. The number of nitrogens with one attached hydrogen (secondary N) is 1. The fourth-order valence-electron chi connectivity index (χ4n) is 2.74. The summed E-state index contributed by atoms with van der Waals surface area (Å²) in [7, 11) is 0. The van der Waals surface area contributed by atoms with Gasteiger partial charge in [-0.15, -0.1) is 0 Å². The van der Waals surface area contributed by atoms with Gasteiger partial charge in [0.05, 0.1) is 0 Å². The van der Waals surface area contributed by atoms with Gasteiger partial charge in [-0.3, -0.25) is 0 Å². The smallest absolute Gasteiger partial charge is 0.317 e. The van der Waals surface area contributed by atoms with Gasteiger partial charge in [0.15, 0.2) is 0 Å². The first-order chi connectivity index (χ1) is 7.70. The predicted molar refractivity (Wildman–Crippen MR) is 65.3 cm³/mol. The van der Waals surface area contributed by atoms with Gasteiger partial charge >= 0.3 is 6.03 Å². The largest absolute Gasteiger partial charge is 0.335 e. The third-order valence-electron chi connectivity index (χ3n) is 3.84. The van der Waals surface area contributed by atoms with Crippen LogP contribution in [0.25, 0.3) is 0 Å². The quantitative estimate of drug-likeness (QED) is 0.785. The summed E-state index contributed by atoms with van der Waals surface area (Å²) in [6, 6.07) is 0.653. The van der Waals surface area contributed by atoms with E-state index in [-0.39, 0.29) is 6.03 Å². The van der Waals surface area contributed by atoms with Crippen LogP contribution in [-0.2, 0) is 0 Å². The summed E-state index contributed by atoms with van der Waals surface area (Å²) in [5.41, 5.74) is 0. The number of amides is 2. The van der Waals surface area contributed by atoms with Crippen LogP contribution in [0.4, 0.5) is 4.79 Å². The second kappa shape index (κ2) is 5.07. The van der Waals surface area contributed by atoms with Crippen LogP contribution in [0.3, 0.4) is 0 Å². The number of carbonyl (C=O) groups excluding carboxylic acids is 1. The van der Waals surface area contributed by atoms with Crippen molar-refractivity contribution < 1.29 is 4.79 Å². The molecule has 0 aromatic rings. The molecule has 0 spiro atoms. The number of piperidine rings is 1. The number of hydrogen-bond donors (Lipinski definition) is 1. The second-order valence-corrected chi connectivity index (χ2v) is 5.53. The molecule has 0 radical (unpaired) electrons. The molecular weight excluding hydrogens is 200 g/mol. The number of rotatable bonds is 3. The van der Waals surface area contributed by atoms with Gasteiger partial charge in [-0.2, -0.15) is 0 Å². The van der Waals surface area contributed by atoms with Crippen molar-refractivity contribution in [1.29, 1.82) is 0 Å². The van der Waals surface area contributed by atoms with Crippen LogP contribution >= 0.6 is 0 Å². The summed E-state index contributed by atoms with van der Waals surface area (Å²) < 4.78 is 0. The normalized spacial score (nSPS) is 33.6. The van der Waals surface area contributed by atoms with Crippen molar-refractivity contribution in [3.63, 3.8) is 0 Å². The molecule has 1 N–H and O–H groups in total. The molecule has 16 heavy (non-hydrogen) atoms. The molecule has 1 saturated carbocycles. The number of likely N-dealkylation sites (tertiary alicyclic amines) is 1. The van der Waals surface area contributed by atoms with E-state index in [9.17, 15) is 4.79 Å². The molecule has 2 rings (SSSR count). The Morgan fingerprint density at radius 2 is 2.31 bits per heavy atom. The topological polar surface area (TPSA) is 32.3 Å². The Morgan fingerprint density at radius 3 is 3.00 bits per heavy atom. The highest BCUT2D eigenvalue weighted by Crippen LogP contribution is 2.34. The van der Waals surface area contributed by atoms with Crippen LogP contribution in [0.5, 0.6) is 0 Å². The lowest BCUT2D eigenvalue weighted by molar-refractivity contribution is 0.169. The minimum atomic E-state index is 0.176. The molecule has 2 amide bonds. The van der Waals surface area contributed by atoms with Gasteiger partial charge in [0, 0.05) is 19.1 Å². The van der Waals surface area contributed by atoms with Crippen LogP contribution in [0.2, 0.25) is 0 Å². The van der Waals surface area contributed by atoms with Crippen molar-refractivity contribution in [1.82, 2.24) is 10.2 Å². The van der Waals surface area contributed by atoms with E-state index in [0.29, 0.717) is 12.0 Å². The summed E-state index contributed by atoms with van der Waals surface area (Å²) in [5.74, 6) is 1.43. The van der Waals surface area contributed by atoms with Crippen molar-refractivity contribution in [3.05, 3.63) is 0 Å². The average Bonchev–Trinajstić information content (AvgIpc) is 2.97. The minimum absolute atomic E-state index is 0.176. The first-order valence-electron chi connectivity index (χ1n) is 6.76. The number of urea groups is 1. The van der Waals surface area contributed by atoms with Crippen LogP contribution in [0.15, 0.2) is 0 Å². The summed E-state index contributed by atoms with van der Waals surface area (Å²) in [5, 5.41) is 3.17. The lowest BCUT2D eigenvalue weighted by Gasteiger charge is -2.31. The van der Waals surface area contributed by atoms with Gasteiger partial charge in [0.1, 0.15) is 0 Å². The Hall–Kier alpha value is -0.730. The monoisotopic (exact) mass is 224 g/mol. The van der Waals surface area contributed by atoms with Crippen LogP contribution in [0, 0.1) is 11.8 Å². The number of hydrogen-bond acceptors (Lipinski definition) is 1. The molecule has 2 fully saturated rings. The zero-order valence-corrected chi connectivity index (χ0v) is 10.5. The molecule has 2 aliphatic rings. The molecule has 0 aromatic heterocycles. The molecule has 92 valence electrons. The van der Waals surface area contributed by atoms with Crippen molar-refractivity contribution in [2.75, 3.05) is 13.1 Å². The maximum atomic E-state index is 12.0. The van der Waals surface area contributed by atoms with Gasteiger partial charge in [-0.05, 0) is 37.5 Å². The highest BCUT2D eigenvalue weighted by Gasteiger charge is 2.38. The first-order valence-corrected chi connectivity index (χ1v) is 6.76. The SMILES string of the molecule is CCCC1CC1NC(=O)N1CCCC(C)C1. The molecule has 1 aliphatic carbocycles. The molecular formula is C13H24N2O. The molecule has 0 bridgehead atoms. The van der Waals surface area contributed by atoms with Crippen LogP contribution in [-0.4, -0.2) is 30.1 Å². The van der Waals surface area contributed by atoms with E-state index < -0.39 is 0 Å². The van der Waals surface area contributed by atoms with Crippen molar-refractivity contribution in [3.8, 4) is 0 Å². The molecule has 1 heterocycles. The van der Waals surface area contributed by atoms with Gasteiger partial charge in [-0.1, -0.05) is 20.3 Å². The van der Waals surface area contributed by atoms with Gasteiger partial charge < -0.3 is 10.2 Å². The summed E-state index contributed by atoms with van der Waals surface area (Å²) in [6.07, 6.45) is 6.13. The Kier molecular flexibility index (Phi) is 3.72. The van der Waals surface area contributed by atoms with E-state index in [1.54, 1.807) is 0 Å². The summed E-state index contributed by atoms with van der Waals surface area (Å²) in [4.78, 5) is 14.0. The van der Waals surface area contributed by atoms with E-state index in [1.807, 2.05) is 4.90 Å². The van der Waals surface area contributed by atoms with E-state index in [4.69, 9.17) is 0 Å². The summed E-state index contributed by atoms with van der Waals surface area (Å²) in [6.45, 7) is 6.33. The molecule has 3 unspecified atom stereocenters. The van der Waals surface area contributed by atoms with Crippen molar-refractivity contribution >= 4 is 6.03 Å². The van der Waals surface area contributed by atoms with E-state index >= 15 is 0 Å². The number of nitrogens with zero attached hydrogens (tertiary/aromatic N) is 1. The zero-order valence-electron chi connectivity index (χ0n) is 10.5. The Balaban J connectivity index is 1.72. The minimum Gasteiger partial charge on any atom is -0.335 e. The highest BCUT2D eigenvalue weighted by molar-refractivity contribution is 5.75. The zero-order chi connectivity index (χ0) is 11.5. The molecule has 0 aromatic carbocycles. The third kappa shape index (κ3) is 2.89. The van der Waals surface area contributed by atoms with Gasteiger partial charge in [0.2, 0.25) is 0 Å². The van der Waals surface area contributed by atoms with E-state index in [0.717, 1.165) is 25.4 Å². The van der Waals surface area contributed by atoms with Crippen molar-refractivity contribution in [2.45, 2.75) is 52.0 Å². The maximum Gasteiger partial charge on any atom is 0.317 e. The Morgan fingerprint density at radius 1 is 1.50 bits per heavy atom. The van der Waals surface area contributed by atoms with Gasteiger partial charge in [-0.25, -0.2) is 4.79 Å². The second-order valence-electron chi connectivity index (χ2n) is 5.53. The Labute approximate surface area is 98.6 Å². The molecule has 3 nitrogen and oxygen atoms in total. The van der Waals surface area contributed by atoms with Crippen LogP contribution in [0.1, 0.15) is 46.0 Å². The summed E-state index contributed by atoms with van der Waals surface area (Å²) >= 11 is 0. The van der Waals surface area contributed by atoms with Gasteiger partial charge in [0.25, 0.3) is 0 Å². The van der Waals surface area contributed by atoms with E-state index in [1.165, 1.54) is 25.7 Å². The lowest BCUT2D eigenvalue weighted by Crippen LogP contribution is -2.46. The standard InChI is InChI=1S/C13H24N2O/c1-3-5-11-8-12(11)14-13(16)15-7-4-6-10(2)9-15/h10-12H,3-9H2,1-2H3,(H,14,16). The lowest BCUT2D eigenvalue weighted by atomic mass is 10.0. The van der Waals surface area contributed by atoms with E-state index in [2.05, 4.69) is 19.2 Å². The molecule has 1 saturated heterocycles. The first kappa shape index (κ1) is 11.7.